The van der Waals surface area contributed by atoms with Gasteiger partial charge in [0.15, 0.2) is 0 Å². The van der Waals surface area contributed by atoms with E-state index in [0.717, 1.165) is 32.1 Å². The van der Waals surface area contributed by atoms with Crippen molar-refractivity contribution in [3.63, 3.8) is 0 Å². The van der Waals surface area contributed by atoms with E-state index in [1.165, 1.54) is 0 Å². The fraction of sp³-hybridized carbons (Fsp3) is 1.00. The molecule has 1 aliphatic carbocycles. The predicted octanol–water partition coefficient (Wildman–Crippen LogP) is 0.573. The van der Waals surface area contributed by atoms with Crippen LogP contribution in [0.5, 0.6) is 0 Å². The van der Waals surface area contributed by atoms with Gasteiger partial charge in [0.25, 0.3) is 0 Å². The third kappa shape index (κ3) is 2.34. The lowest BCUT2D eigenvalue weighted by molar-refractivity contribution is 0.155. The molecule has 1 saturated heterocycles. The average Bonchev–Trinajstić information content (AvgIpc) is 2.58. The molecule has 0 bridgehead atoms. The lowest BCUT2D eigenvalue weighted by atomic mass is 9.86. The van der Waals surface area contributed by atoms with Crippen LogP contribution in [0.4, 0.5) is 0 Å². The van der Waals surface area contributed by atoms with Gasteiger partial charge in [0.1, 0.15) is 0 Å². The van der Waals surface area contributed by atoms with Gasteiger partial charge in [0, 0.05) is 19.2 Å². The zero-order valence-corrected chi connectivity index (χ0v) is 9.75. The van der Waals surface area contributed by atoms with Crippen molar-refractivity contribution >= 4 is 10.0 Å². The molecule has 15 heavy (non-hydrogen) atoms. The van der Waals surface area contributed by atoms with Crippen LogP contribution in [-0.4, -0.2) is 42.8 Å². The molecule has 88 valence electrons. The van der Waals surface area contributed by atoms with Crippen LogP contribution in [0.2, 0.25) is 0 Å². The zero-order chi connectivity index (χ0) is 10.9. The molecule has 2 rings (SSSR count). The van der Waals surface area contributed by atoms with E-state index in [-0.39, 0.29) is 12.6 Å². The molecular formula is C10H19NO3S. The smallest absolute Gasteiger partial charge is 0.214 e. The first-order valence-electron chi connectivity index (χ1n) is 5.74. The summed E-state index contributed by atoms with van der Waals surface area (Å²) in [5.74, 6) is 0.721. The zero-order valence-electron chi connectivity index (χ0n) is 8.93. The van der Waals surface area contributed by atoms with Gasteiger partial charge in [-0.3, -0.25) is 0 Å². The highest BCUT2D eigenvalue weighted by molar-refractivity contribution is 7.89. The van der Waals surface area contributed by atoms with Gasteiger partial charge in [-0.2, -0.15) is 4.31 Å². The number of aliphatic hydroxyl groups is 1. The van der Waals surface area contributed by atoms with E-state index in [2.05, 4.69) is 0 Å². The van der Waals surface area contributed by atoms with Crippen molar-refractivity contribution < 1.29 is 13.5 Å². The minimum absolute atomic E-state index is 0.209. The number of sulfonamides is 1. The molecule has 0 amide bonds. The summed E-state index contributed by atoms with van der Waals surface area (Å²) in [6.07, 6.45) is 4.55. The Morgan fingerprint density at radius 3 is 2.33 bits per heavy atom. The molecule has 1 N–H and O–H groups in total. The summed E-state index contributed by atoms with van der Waals surface area (Å²) >= 11 is 0. The SMILES string of the molecule is O=S1(=O)CCCN1[C@H]1CC[C@H](CO)CC1. The maximum absolute atomic E-state index is 11.7. The highest BCUT2D eigenvalue weighted by Crippen LogP contribution is 2.30. The molecule has 4 nitrogen and oxygen atoms in total. The van der Waals surface area contributed by atoms with E-state index >= 15 is 0 Å². The van der Waals surface area contributed by atoms with Crippen molar-refractivity contribution in [2.24, 2.45) is 5.92 Å². The van der Waals surface area contributed by atoms with E-state index < -0.39 is 10.0 Å². The van der Waals surface area contributed by atoms with Crippen molar-refractivity contribution in [3.05, 3.63) is 0 Å². The number of hydrogen-bond acceptors (Lipinski definition) is 3. The monoisotopic (exact) mass is 233 g/mol. The summed E-state index contributed by atoms with van der Waals surface area (Å²) in [7, 11) is -2.94. The topological polar surface area (TPSA) is 57.6 Å². The summed E-state index contributed by atoms with van der Waals surface area (Å²) in [5.41, 5.74) is 0. The minimum Gasteiger partial charge on any atom is -0.396 e. The molecule has 0 aromatic rings. The van der Waals surface area contributed by atoms with Crippen LogP contribution in [0.15, 0.2) is 0 Å². The normalized spacial score (nSPS) is 36.9. The summed E-state index contributed by atoms with van der Waals surface area (Å²) in [5, 5.41) is 9.01. The molecule has 0 radical (unpaired) electrons. The van der Waals surface area contributed by atoms with Crippen LogP contribution < -0.4 is 0 Å². The number of aliphatic hydroxyl groups excluding tert-OH is 1. The van der Waals surface area contributed by atoms with Crippen LogP contribution in [0.25, 0.3) is 0 Å². The van der Waals surface area contributed by atoms with Crippen molar-refractivity contribution in [2.75, 3.05) is 18.9 Å². The highest BCUT2D eigenvalue weighted by atomic mass is 32.2. The molecule has 0 atom stereocenters. The van der Waals surface area contributed by atoms with Crippen molar-refractivity contribution in [1.82, 2.24) is 4.31 Å². The molecule has 5 heteroatoms. The first kappa shape index (κ1) is 11.4. The van der Waals surface area contributed by atoms with Gasteiger partial charge in [-0.1, -0.05) is 0 Å². The van der Waals surface area contributed by atoms with E-state index in [4.69, 9.17) is 5.11 Å². The molecule has 2 aliphatic rings. The van der Waals surface area contributed by atoms with Gasteiger partial charge in [-0.15, -0.1) is 0 Å². The lowest BCUT2D eigenvalue weighted by Crippen LogP contribution is -2.39. The van der Waals surface area contributed by atoms with Crippen LogP contribution in [-0.2, 0) is 10.0 Å². The maximum Gasteiger partial charge on any atom is 0.214 e. The third-order valence-corrected chi connectivity index (χ3v) is 5.62. The standard InChI is InChI=1S/C10H19NO3S/c12-8-9-2-4-10(5-3-9)11-6-1-7-15(11,13)14/h9-10,12H,1-8H2/t9-,10-. The molecule has 1 saturated carbocycles. The predicted molar refractivity (Wildman–Crippen MR) is 57.9 cm³/mol. The molecule has 1 heterocycles. The summed E-state index contributed by atoms with van der Waals surface area (Å²) in [4.78, 5) is 0. The summed E-state index contributed by atoms with van der Waals surface area (Å²) < 4.78 is 25.1. The Kier molecular flexibility index (Phi) is 3.33. The number of rotatable bonds is 2. The fourth-order valence-corrected chi connectivity index (χ4v) is 4.48. The van der Waals surface area contributed by atoms with Gasteiger partial charge < -0.3 is 5.11 Å². The number of nitrogens with zero attached hydrogens (tertiary/aromatic N) is 1. The van der Waals surface area contributed by atoms with E-state index in [0.29, 0.717) is 18.2 Å². The maximum atomic E-state index is 11.7. The van der Waals surface area contributed by atoms with E-state index in [9.17, 15) is 8.42 Å². The van der Waals surface area contributed by atoms with Crippen LogP contribution in [0.1, 0.15) is 32.1 Å². The van der Waals surface area contributed by atoms with Crippen LogP contribution in [0, 0.1) is 5.92 Å². The second kappa shape index (κ2) is 4.39. The molecule has 1 aliphatic heterocycles. The van der Waals surface area contributed by atoms with Gasteiger partial charge in [-0.25, -0.2) is 8.42 Å². The Balaban J connectivity index is 1.96. The Morgan fingerprint density at radius 1 is 1.20 bits per heavy atom. The van der Waals surface area contributed by atoms with E-state index in [1.807, 2.05) is 0 Å². The summed E-state index contributed by atoms with van der Waals surface area (Å²) in [6.45, 7) is 0.955. The Bertz CT molecular complexity index is 307. The Hall–Kier alpha value is -0.130. The molecule has 0 unspecified atom stereocenters. The van der Waals surface area contributed by atoms with E-state index in [1.54, 1.807) is 4.31 Å². The Labute approximate surface area is 91.3 Å². The highest BCUT2D eigenvalue weighted by Gasteiger charge is 2.36. The minimum atomic E-state index is -2.94. The van der Waals surface area contributed by atoms with Gasteiger partial charge in [-0.05, 0) is 38.0 Å². The second-order valence-electron chi connectivity index (χ2n) is 4.64. The largest absolute Gasteiger partial charge is 0.396 e. The molecule has 2 fully saturated rings. The first-order valence-corrected chi connectivity index (χ1v) is 7.35. The second-order valence-corrected chi connectivity index (χ2v) is 6.68. The quantitative estimate of drug-likeness (QED) is 0.758. The van der Waals surface area contributed by atoms with Crippen molar-refractivity contribution in [1.29, 1.82) is 0 Å². The van der Waals surface area contributed by atoms with Gasteiger partial charge >= 0.3 is 0 Å². The molecule has 0 aromatic heterocycles. The lowest BCUT2D eigenvalue weighted by Gasteiger charge is -2.32. The molecule has 0 aromatic carbocycles. The third-order valence-electron chi connectivity index (χ3n) is 3.62. The van der Waals surface area contributed by atoms with Crippen LogP contribution >= 0.6 is 0 Å². The van der Waals surface area contributed by atoms with Gasteiger partial charge in [0.2, 0.25) is 10.0 Å². The molecule has 0 spiro atoms. The molecular weight excluding hydrogens is 214 g/mol. The Morgan fingerprint density at radius 2 is 1.87 bits per heavy atom. The first-order chi connectivity index (χ1) is 7.13. The van der Waals surface area contributed by atoms with Crippen molar-refractivity contribution in [3.8, 4) is 0 Å². The fourth-order valence-electron chi connectivity index (χ4n) is 2.68. The van der Waals surface area contributed by atoms with Crippen molar-refractivity contribution in [2.45, 2.75) is 38.1 Å². The average molecular weight is 233 g/mol. The van der Waals surface area contributed by atoms with Crippen LogP contribution in [0.3, 0.4) is 0 Å². The number of hydrogen-bond donors (Lipinski definition) is 1. The van der Waals surface area contributed by atoms with Gasteiger partial charge in [0.05, 0.1) is 5.75 Å². The summed E-state index contributed by atoms with van der Waals surface area (Å²) in [6, 6.07) is 0.209.